The summed E-state index contributed by atoms with van der Waals surface area (Å²) in [7, 11) is 0. The monoisotopic (exact) mass is 321 g/mol. The summed E-state index contributed by atoms with van der Waals surface area (Å²) in [6.45, 7) is 6.79. The second-order valence-corrected chi connectivity index (χ2v) is 5.27. The lowest BCUT2D eigenvalue weighted by molar-refractivity contribution is -0.384. The van der Waals surface area contributed by atoms with E-state index in [0.717, 1.165) is 12.8 Å². The molecule has 0 saturated heterocycles. The highest BCUT2D eigenvalue weighted by atomic mass is 16.6. The van der Waals surface area contributed by atoms with Gasteiger partial charge in [0.1, 0.15) is 6.04 Å². The Kier molecular flexibility index (Phi) is 7.18. The SMILES string of the molecule is CCCCN(CC)C(=O)C(C)NC(=O)c1cccc([N+](=O)[O-])c1. The third kappa shape index (κ3) is 5.36. The molecule has 2 amide bonds. The number of rotatable bonds is 8. The van der Waals surface area contributed by atoms with Crippen molar-refractivity contribution in [3.63, 3.8) is 0 Å². The van der Waals surface area contributed by atoms with Crippen molar-refractivity contribution in [3.05, 3.63) is 39.9 Å². The Balaban J connectivity index is 2.73. The molecule has 0 fully saturated rings. The molecule has 0 saturated carbocycles. The molecule has 0 radical (unpaired) electrons. The molecule has 1 aromatic carbocycles. The number of nitro groups is 1. The lowest BCUT2D eigenvalue weighted by Gasteiger charge is -2.24. The van der Waals surface area contributed by atoms with E-state index in [1.807, 2.05) is 13.8 Å². The Hall–Kier alpha value is -2.44. The van der Waals surface area contributed by atoms with Gasteiger partial charge >= 0.3 is 0 Å². The molecule has 7 heteroatoms. The van der Waals surface area contributed by atoms with Crippen molar-refractivity contribution in [3.8, 4) is 0 Å². The zero-order chi connectivity index (χ0) is 17.4. The first-order chi connectivity index (χ1) is 10.9. The van der Waals surface area contributed by atoms with E-state index in [0.29, 0.717) is 13.1 Å². The molecule has 1 atom stereocenters. The third-order valence-corrected chi connectivity index (χ3v) is 3.51. The van der Waals surface area contributed by atoms with Crippen LogP contribution in [0.3, 0.4) is 0 Å². The van der Waals surface area contributed by atoms with Crippen LogP contribution in [-0.2, 0) is 4.79 Å². The van der Waals surface area contributed by atoms with Crippen LogP contribution in [0, 0.1) is 10.1 Å². The van der Waals surface area contributed by atoms with E-state index >= 15 is 0 Å². The standard InChI is InChI=1S/C16H23N3O4/c1-4-6-10-18(5-2)16(21)12(3)17-15(20)13-8-7-9-14(11-13)19(22)23/h7-9,11-12H,4-6,10H2,1-3H3,(H,17,20). The Bertz CT molecular complexity index is 574. The number of unbranched alkanes of at least 4 members (excludes halogenated alkanes) is 1. The first-order valence-corrected chi connectivity index (χ1v) is 7.74. The van der Waals surface area contributed by atoms with E-state index in [4.69, 9.17) is 0 Å². The zero-order valence-electron chi connectivity index (χ0n) is 13.7. The van der Waals surface area contributed by atoms with E-state index in [-0.39, 0.29) is 17.2 Å². The molecule has 0 bridgehead atoms. The van der Waals surface area contributed by atoms with Gasteiger partial charge < -0.3 is 10.2 Å². The van der Waals surface area contributed by atoms with E-state index < -0.39 is 16.9 Å². The topological polar surface area (TPSA) is 92.6 Å². The summed E-state index contributed by atoms with van der Waals surface area (Å²) < 4.78 is 0. The molecule has 23 heavy (non-hydrogen) atoms. The fourth-order valence-electron chi connectivity index (χ4n) is 2.15. The van der Waals surface area contributed by atoms with Gasteiger partial charge in [0.05, 0.1) is 4.92 Å². The van der Waals surface area contributed by atoms with Crippen molar-refractivity contribution in [2.75, 3.05) is 13.1 Å². The van der Waals surface area contributed by atoms with Crippen LogP contribution in [0.25, 0.3) is 0 Å². The van der Waals surface area contributed by atoms with Crippen LogP contribution in [0.5, 0.6) is 0 Å². The minimum atomic E-state index is -0.682. The summed E-state index contributed by atoms with van der Waals surface area (Å²) in [5.74, 6) is -0.652. The lowest BCUT2D eigenvalue weighted by atomic mass is 10.1. The van der Waals surface area contributed by atoms with Gasteiger partial charge in [-0.1, -0.05) is 19.4 Å². The summed E-state index contributed by atoms with van der Waals surface area (Å²) in [5, 5.41) is 13.3. The van der Waals surface area contributed by atoms with Gasteiger partial charge in [0, 0.05) is 30.8 Å². The van der Waals surface area contributed by atoms with Gasteiger partial charge in [-0.05, 0) is 26.3 Å². The number of nitrogens with one attached hydrogen (secondary N) is 1. The third-order valence-electron chi connectivity index (χ3n) is 3.51. The lowest BCUT2D eigenvalue weighted by Crippen LogP contribution is -2.47. The van der Waals surface area contributed by atoms with Crippen LogP contribution >= 0.6 is 0 Å². The number of benzene rings is 1. The highest BCUT2D eigenvalue weighted by Gasteiger charge is 2.21. The summed E-state index contributed by atoms with van der Waals surface area (Å²) in [6.07, 6.45) is 1.89. The number of carbonyl (C=O) groups excluding carboxylic acids is 2. The second kappa shape index (κ2) is 8.87. The van der Waals surface area contributed by atoms with E-state index in [2.05, 4.69) is 5.32 Å². The number of non-ortho nitro benzene ring substituents is 1. The first-order valence-electron chi connectivity index (χ1n) is 7.74. The summed E-state index contributed by atoms with van der Waals surface area (Å²) in [6, 6.07) is 4.75. The van der Waals surface area contributed by atoms with Gasteiger partial charge in [0.15, 0.2) is 0 Å². The summed E-state index contributed by atoms with van der Waals surface area (Å²) in [4.78, 5) is 36.4. The fourth-order valence-corrected chi connectivity index (χ4v) is 2.15. The maximum Gasteiger partial charge on any atom is 0.270 e. The average molecular weight is 321 g/mol. The molecule has 0 spiro atoms. The highest BCUT2D eigenvalue weighted by Crippen LogP contribution is 2.13. The Morgan fingerprint density at radius 1 is 1.35 bits per heavy atom. The number of hydrogen-bond acceptors (Lipinski definition) is 4. The molecule has 1 N–H and O–H groups in total. The van der Waals surface area contributed by atoms with Gasteiger partial charge in [-0.3, -0.25) is 19.7 Å². The molecule has 0 aliphatic heterocycles. The predicted molar refractivity (Wildman–Crippen MR) is 87.2 cm³/mol. The summed E-state index contributed by atoms with van der Waals surface area (Å²) >= 11 is 0. The largest absolute Gasteiger partial charge is 0.341 e. The molecule has 7 nitrogen and oxygen atoms in total. The molecule has 0 aliphatic rings. The smallest absolute Gasteiger partial charge is 0.270 e. The van der Waals surface area contributed by atoms with Gasteiger partial charge in [-0.2, -0.15) is 0 Å². The molecule has 1 rings (SSSR count). The zero-order valence-corrected chi connectivity index (χ0v) is 13.7. The van der Waals surface area contributed by atoms with Crippen LogP contribution in [0.2, 0.25) is 0 Å². The second-order valence-electron chi connectivity index (χ2n) is 5.27. The van der Waals surface area contributed by atoms with Crippen molar-refractivity contribution in [1.82, 2.24) is 10.2 Å². The maximum atomic E-state index is 12.3. The normalized spacial score (nSPS) is 11.6. The number of amides is 2. The van der Waals surface area contributed by atoms with Gasteiger partial charge in [0.25, 0.3) is 11.6 Å². The molecule has 0 aliphatic carbocycles. The van der Waals surface area contributed by atoms with E-state index in [9.17, 15) is 19.7 Å². The minimum absolute atomic E-state index is 0.153. The molecule has 1 aromatic rings. The van der Waals surface area contributed by atoms with Crippen LogP contribution in [-0.4, -0.2) is 40.8 Å². The summed E-state index contributed by atoms with van der Waals surface area (Å²) in [5.41, 5.74) is 0.00483. The average Bonchev–Trinajstić information content (AvgIpc) is 2.55. The van der Waals surface area contributed by atoms with Crippen molar-refractivity contribution in [2.45, 2.75) is 39.7 Å². The molecule has 126 valence electrons. The van der Waals surface area contributed by atoms with Crippen LogP contribution in [0.1, 0.15) is 44.0 Å². The quantitative estimate of drug-likeness (QED) is 0.587. The maximum absolute atomic E-state index is 12.3. The van der Waals surface area contributed by atoms with Gasteiger partial charge in [-0.15, -0.1) is 0 Å². The van der Waals surface area contributed by atoms with E-state index in [1.165, 1.54) is 24.3 Å². The highest BCUT2D eigenvalue weighted by molar-refractivity contribution is 5.97. The van der Waals surface area contributed by atoms with Crippen molar-refractivity contribution >= 4 is 17.5 Å². The Labute approximate surface area is 135 Å². The number of carbonyl (C=O) groups is 2. The number of hydrogen-bond donors (Lipinski definition) is 1. The molecular weight excluding hydrogens is 298 g/mol. The fraction of sp³-hybridized carbons (Fsp3) is 0.500. The van der Waals surface area contributed by atoms with Crippen molar-refractivity contribution in [2.24, 2.45) is 0 Å². The van der Waals surface area contributed by atoms with Crippen molar-refractivity contribution in [1.29, 1.82) is 0 Å². The predicted octanol–water partition coefficient (Wildman–Crippen LogP) is 2.36. The molecule has 0 aromatic heterocycles. The molecule has 0 heterocycles. The Morgan fingerprint density at radius 3 is 2.61 bits per heavy atom. The van der Waals surface area contributed by atoms with Crippen LogP contribution < -0.4 is 5.32 Å². The minimum Gasteiger partial charge on any atom is -0.341 e. The van der Waals surface area contributed by atoms with Crippen LogP contribution in [0.15, 0.2) is 24.3 Å². The number of nitro benzene ring substituents is 1. The van der Waals surface area contributed by atoms with Gasteiger partial charge in [0.2, 0.25) is 5.91 Å². The van der Waals surface area contributed by atoms with E-state index in [1.54, 1.807) is 11.8 Å². The van der Waals surface area contributed by atoms with Gasteiger partial charge in [-0.25, -0.2) is 0 Å². The number of likely N-dealkylation sites (N-methyl/N-ethyl adjacent to an activating group) is 1. The van der Waals surface area contributed by atoms with Crippen LogP contribution in [0.4, 0.5) is 5.69 Å². The molecule has 1 unspecified atom stereocenters. The van der Waals surface area contributed by atoms with Crippen molar-refractivity contribution < 1.29 is 14.5 Å². The number of nitrogens with zero attached hydrogens (tertiary/aromatic N) is 2. The molecular formula is C16H23N3O4. The Morgan fingerprint density at radius 2 is 2.04 bits per heavy atom. The first kappa shape index (κ1) is 18.6.